The molecule has 0 bridgehead atoms. The Hall–Kier alpha value is -1.08. The van der Waals surface area contributed by atoms with Crippen LogP contribution in [0.3, 0.4) is 0 Å². The smallest absolute Gasteiger partial charge is 0.224 e. The van der Waals surface area contributed by atoms with Crippen molar-refractivity contribution in [3.8, 4) is 5.75 Å². The summed E-state index contributed by atoms with van der Waals surface area (Å²) in [6, 6.07) is 7.14. The van der Waals surface area contributed by atoms with Gasteiger partial charge in [-0.3, -0.25) is 0 Å². The van der Waals surface area contributed by atoms with Crippen molar-refractivity contribution in [2.45, 2.75) is 6.54 Å². The Bertz CT molecular complexity index is 536. The molecule has 0 saturated carbocycles. The average Bonchev–Trinajstić information content (AvgIpc) is 2.32. The first kappa shape index (κ1) is 12.4. The number of rotatable bonds is 3. The molecule has 2 N–H and O–H groups in total. The van der Waals surface area contributed by atoms with Gasteiger partial charge in [0, 0.05) is 18.3 Å². The molecular formula is C11H9ClIN3O. The predicted molar refractivity (Wildman–Crippen MR) is 75.2 cm³/mol. The molecule has 0 atom stereocenters. The number of benzene rings is 1. The van der Waals surface area contributed by atoms with E-state index in [1.807, 2.05) is 12.1 Å². The fraction of sp³-hybridized carbons (Fsp3) is 0.0909. The molecular weight excluding hydrogens is 352 g/mol. The minimum absolute atomic E-state index is 0.199. The van der Waals surface area contributed by atoms with Gasteiger partial charge in [0.1, 0.15) is 11.6 Å². The van der Waals surface area contributed by atoms with E-state index in [1.54, 1.807) is 18.3 Å². The van der Waals surface area contributed by atoms with Crippen molar-refractivity contribution in [2.24, 2.45) is 0 Å². The Morgan fingerprint density at radius 1 is 1.35 bits per heavy atom. The van der Waals surface area contributed by atoms with Gasteiger partial charge in [0.25, 0.3) is 0 Å². The summed E-state index contributed by atoms with van der Waals surface area (Å²) >= 11 is 7.83. The summed E-state index contributed by atoms with van der Waals surface area (Å²) < 4.78 is 0.877. The number of hydrogen-bond donors (Lipinski definition) is 2. The number of aromatic nitrogens is 2. The molecule has 88 valence electrons. The topological polar surface area (TPSA) is 58.0 Å². The second-order valence-electron chi connectivity index (χ2n) is 3.32. The lowest BCUT2D eigenvalue weighted by atomic mass is 10.2. The highest BCUT2D eigenvalue weighted by Gasteiger charge is 2.05. The van der Waals surface area contributed by atoms with Crippen LogP contribution < -0.4 is 5.32 Å². The molecule has 4 nitrogen and oxygen atoms in total. The Balaban J connectivity index is 2.12. The molecule has 0 radical (unpaired) electrons. The number of phenols is 1. The van der Waals surface area contributed by atoms with Gasteiger partial charge in [-0.05, 0) is 40.3 Å². The average molecular weight is 362 g/mol. The van der Waals surface area contributed by atoms with E-state index in [9.17, 15) is 5.11 Å². The van der Waals surface area contributed by atoms with Crippen molar-refractivity contribution in [1.29, 1.82) is 0 Å². The van der Waals surface area contributed by atoms with Crippen LogP contribution in [0, 0.1) is 3.57 Å². The Labute approximate surface area is 117 Å². The van der Waals surface area contributed by atoms with Gasteiger partial charge < -0.3 is 10.4 Å². The largest absolute Gasteiger partial charge is 0.508 e. The fourth-order valence-corrected chi connectivity index (χ4v) is 1.89. The van der Waals surface area contributed by atoms with Crippen LogP contribution in [-0.4, -0.2) is 15.1 Å². The van der Waals surface area contributed by atoms with Gasteiger partial charge in [-0.2, -0.15) is 4.98 Å². The van der Waals surface area contributed by atoms with Crippen LogP contribution in [0.1, 0.15) is 5.56 Å². The zero-order valence-electron chi connectivity index (χ0n) is 8.69. The molecule has 2 aromatic rings. The molecule has 0 saturated heterocycles. The normalized spacial score (nSPS) is 10.2. The molecule has 0 amide bonds. The molecule has 0 fully saturated rings. The number of phenolic OH excluding ortho intramolecular Hbond substituents is 1. The third-order valence-electron chi connectivity index (χ3n) is 2.15. The maximum atomic E-state index is 9.61. The summed E-state index contributed by atoms with van der Waals surface area (Å²) in [5.74, 6) is 0.920. The molecule has 17 heavy (non-hydrogen) atoms. The summed E-state index contributed by atoms with van der Waals surface area (Å²) in [7, 11) is 0. The molecule has 0 unspecified atom stereocenters. The van der Waals surface area contributed by atoms with Crippen molar-refractivity contribution >= 4 is 40.0 Å². The Kier molecular flexibility index (Phi) is 4.01. The minimum Gasteiger partial charge on any atom is -0.508 e. The molecule has 1 aromatic carbocycles. The zero-order valence-corrected chi connectivity index (χ0v) is 11.6. The molecule has 0 spiro atoms. The van der Waals surface area contributed by atoms with E-state index >= 15 is 0 Å². The van der Waals surface area contributed by atoms with Crippen molar-refractivity contribution in [3.63, 3.8) is 0 Å². The van der Waals surface area contributed by atoms with Crippen molar-refractivity contribution in [2.75, 3.05) is 5.32 Å². The van der Waals surface area contributed by atoms with Gasteiger partial charge in [0.2, 0.25) is 5.28 Å². The van der Waals surface area contributed by atoms with E-state index in [0.717, 1.165) is 9.13 Å². The molecule has 0 aliphatic heterocycles. The van der Waals surface area contributed by atoms with E-state index < -0.39 is 0 Å². The Morgan fingerprint density at radius 3 is 2.88 bits per heavy atom. The van der Waals surface area contributed by atoms with Crippen molar-refractivity contribution < 1.29 is 5.11 Å². The number of nitrogens with zero attached hydrogens (tertiary/aromatic N) is 2. The molecule has 6 heteroatoms. The number of aromatic hydroxyl groups is 1. The second-order valence-corrected chi connectivity index (χ2v) is 4.82. The van der Waals surface area contributed by atoms with Crippen LogP contribution in [0.25, 0.3) is 0 Å². The van der Waals surface area contributed by atoms with Gasteiger partial charge in [-0.1, -0.05) is 18.2 Å². The fourth-order valence-electron chi connectivity index (χ4n) is 1.31. The lowest BCUT2D eigenvalue weighted by Crippen LogP contribution is -2.04. The van der Waals surface area contributed by atoms with E-state index in [2.05, 4.69) is 37.9 Å². The second kappa shape index (κ2) is 5.50. The number of halogens is 2. The lowest BCUT2D eigenvalue weighted by molar-refractivity contribution is 0.469. The first-order valence-corrected chi connectivity index (χ1v) is 6.31. The van der Waals surface area contributed by atoms with Crippen LogP contribution in [-0.2, 0) is 6.54 Å². The highest BCUT2D eigenvalue weighted by molar-refractivity contribution is 14.1. The van der Waals surface area contributed by atoms with E-state index in [-0.39, 0.29) is 11.0 Å². The number of hydrogen-bond acceptors (Lipinski definition) is 4. The standard InChI is InChI=1S/C11H9ClIN3O/c12-11-15-6-8(13)10(16-11)14-5-7-3-1-2-4-9(7)17/h1-4,6,17H,5H2,(H,14,15,16). The van der Waals surface area contributed by atoms with Crippen LogP contribution in [0.4, 0.5) is 5.82 Å². The van der Waals surface area contributed by atoms with E-state index in [4.69, 9.17) is 11.6 Å². The third-order valence-corrected chi connectivity index (χ3v) is 3.12. The van der Waals surface area contributed by atoms with Gasteiger partial charge >= 0.3 is 0 Å². The monoisotopic (exact) mass is 361 g/mol. The van der Waals surface area contributed by atoms with Crippen LogP contribution in [0.5, 0.6) is 5.75 Å². The van der Waals surface area contributed by atoms with Gasteiger partial charge in [0.15, 0.2) is 0 Å². The van der Waals surface area contributed by atoms with Crippen LogP contribution in [0.2, 0.25) is 5.28 Å². The Morgan fingerprint density at radius 2 is 2.12 bits per heavy atom. The van der Waals surface area contributed by atoms with E-state index in [0.29, 0.717) is 12.4 Å². The maximum Gasteiger partial charge on any atom is 0.224 e. The number of nitrogens with one attached hydrogen (secondary N) is 1. The summed E-state index contributed by atoms with van der Waals surface area (Å²) in [4.78, 5) is 7.94. The van der Waals surface area contributed by atoms with Crippen molar-refractivity contribution in [3.05, 3.63) is 44.9 Å². The van der Waals surface area contributed by atoms with Crippen LogP contribution in [0.15, 0.2) is 30.5 Å². The van der Waals surface area contributed by atoms with E-state index in [1.165, 1.54) is 0 Å². The zero-order chi connectivity index (χ0) is 12.3. The van der Waals surface area contributed by atoms with Crippen LogP contribution >= 0.6 is 34.2 Å². The minimum atomic E-state index is 0.199. The van der Waals surface area contributed by atoms with Gasteiger partial charge in [-0.15, -0.1) is 0 Å². The SMILES string of the molecule is Oc1ccccc1CNc1nc(Cl)ncc1I. The molecule has 0 aliphatic rings. The molecule has 1 heterocycles. The molecule has 0 aliphatic carbocycles. The molecule has 2 rings (SSSR count). The molecule has 1 aromatic heterocycles. The predicted octanol–water partition coefficient (Wildman–Crippen LogP) is 3.05. The summed E-state index contributed by atoms with van der Waals surface area (Å²) in [5.41, 5.74) is 0.804. The maximum absolute atomic E-state index is 9.61. The lowest BCUT2D eigenvalue weighted by Gasteiger charge is -2.08. The quantitative estimate of drug-likeness (QED) is 0.652. The first-order valence-electron chi connectivity index (χ1n) is 4.85. The highest BCUT2D eigenvalue weighted by Crippen LogP contribution is 2.20. The number of para-hydroxylation sites is 1. The van der Waals surface area contributed by atoms with Crippen molar-refractivity contribution in [1.82, 2.24) is 9.97 Å². The summed E-state index contributed by atoms with van der Waals surface area (Å²) in [6.45, 7) is 0.482. The first-order chi connectivity index (χ1) is 8.16. The third kappa shape index (κ3) is 3.19. The summed E-state index contributed by atoms with van der Waals surface area (Å²) in [6.07, 6.45) is 1.64. The highest BCUT2D eigenvalue weighted by atomic mass is 127. The number of anilines is 1. The van der Waals surface area contributed by atoms with Gasteiger partial charge in [-0.25, -0.2) is 4.98 Å². The van der Waals surface area contributed by atoms with Gasteiger partial charge in [0.05, 0.1) is 3.57 Å². The summed E-state index contributed by atoms with van der Waals surface area (Å²) in [5, 5.41) is 12.9.